The molecule has 76 valence electrons. The Balaban J connectivity index is 2.52. The lowest BCUT2D eigenvalue weighted by Crippen LogP contribution is -2.22. The molecule has 1 aliphatic carbocycles. The number of carbonyl (C=O) groups excluding carboxylic acids is 2. The van der Waals surface area contributed by atoms with Gasteiger partial charge in [0.05, 0.1) is 6.61 Å². The van der Waals surface area contributed by atoms with Crippen LogP contribution in [0.1, 0.15) is 22.8 Å². The normalized spacial score (nSPS) is 14.6. The third kappa shape index (κ3) is 1.56. The van der Waals surface area contributed by atoms with Crippen molar-refractivity contribution in [2.24, 2.45) is 0 Å². The highest BCUT2D eigenvalue weighted by molar-refractivity contribution is 6.51. The number of benzene rings is 1. The average molecular weight is 202 g/mol. The molecule has 1 aromatic carbocycles. The van der Waals surface area contributed by atoms with Crippen LogP contribution < -0.4 is 0 Å². The summed E-state index contributed by atoms with van der Waals surface area (Å²) in [5.74, 6) is -0.909. The van der Waals surface area contributed by atoms with Gasteiger partial charge < -0.3 is 4.74 Å². The molecule has 0 unspecified atom stereocenters. The van der Waals surface area contributed by atoms with Crippen LogP contribution in [0.25, 0.3) is 6.08 Å². The SMILES string of the molecule is CCOC1=Cc2ccccc2C(=O)C1=O. The Kier molecular flexibility index (Phi) is 2.37. The number of ketones is 2. The third-order valence-corrected chi connectivity index (χ3v) is 2.22. The summed E-state index contributed by atoms with van der Waals surface area (Å²) in [5.41, 5.74) is 1.19. The van der Waals surface area contributed by atoms with Crippen LogP contribution in [0.15, 0.2) is 30.0 Å². The Morgan fingerprint density at radius 2 is 1.87 bits per heavy atom. The van der Waals surface area contributed by atoms with Gasteiger partial charge in [0.1, 0.15) is 0 Å². The van der Waals surface area contributed by atoms with Crippen molar-refractivity contribution in [1.29, 1.82) is 0 Å². The van der Waals surface area contributed by atoms with Gasteiger partial charge in [0.2, 0.25) is 5.78 Å². The second-order valence-corrected chi connectivity index (χ2v) is 3.19. The average Bonchev–Trinajstić information content (AvgIpc) is 2.26. The molecule has 0 amide bonds. The Morgan fingerprint density at radius 1 is 1.13 bits per heavy atom. The van der Waals surface area contributed by atoms with E-state index in [1.165, 1.54) is 0 Å². The van der Waals surface area contributed by atoms with Crippen LogP contribution in [-0.4, -0.2) is 18.2 Å². The molecule has 0 atom stereocenters. The van der Waals surface area contributed by atoms with Crippen molar-refractivity contribution in [3.05, 3.63) is 41.2 Å². The Bertz CT molecular complexity index is 458. The fraction of sp³-hybridized carbons (Fsp3) is 0.167. The molecule has 0 aromatic heterocycles. The molecule has 0 spiro atoms. The van der Waals surface area contributed by atoms with Crippen LogP contribution in [-0.2, 0) is 9.53 Å². The Labute approximate surface area is 87.4 Å². The summed E-state index contributed by atoms with van der Waals surface area (Å²) >= 11 is 0. The number of fused-ring (bicyclic) bond motifs is 1. The lowest BCUT2D eigenvalue weighted by atomic mass is 9.94. The van der Waals surface area contributed by atoms with E-state index in [0.717, 1.165) is 5.56 Å². The summed E-state index contributed by atoms with van der Waals surface area (Å²) in [5, 5.41) is 0. The zero-order chi connectivity index (χ0) is 10.8. The second-order valence-electron chi connectivity index (χ2n) is 3.19. The molecule has 2 rings (SSSR count). The van der Waals surface area contributed by atoms with Gasteiger partial charge in [-0.15, -0.1) is 0 Å². The molecule has 0 saturated carbocycles. The van der Waals surface area contributed by atoms with Crippen LogP contribution in [0.2, 0.25) is 0 Å². The van der Waals surface area contributed by atoms with Gasteiger partial charge in [-0.05, 0) is 18.6 Å². The molecular weight excluding hydrogens is 192 g/mol. The van der Waals surface area contributed by atoms with E-state index in [-0.39, 0.29) is 5.76 Å². The topological polar surface area (TPSA) is 43.4 Å². The van der Waals surface area contributed by atoms with Gasteiger partial charge in [0.25, 0.3) is 5.78 Å². The highest BCUT2D eigenvalue weighted by Gasteiger charge is 2.28. The molecule has 0 heterocycles. The standard InChI is InChI=1S/C12H10O3/c1-2-15-10-7-8-5-3-4-6-9(8)11(13)12(10)14/h3-7H,2H2,1H3. The first-order chi connectivity index (χ1) is 7.24. The van der Waals surface area contributed by atoms with Crippen LogP contribution in [0.3, 0.4) is 0 Å². The first-order valence-electron chi connectivity index (χ1n) is 4.76. The van der Waals surface area contributed by atoms with Crippen molar-refractivity contribution in [3.63, 3.8) is 0 Å². The van der Waals surface area contributed by atoms with E-state index in [0.29, 0.717) is 12.2 Å². The van der Waals surface area contributed by atoms with Crippen LogP contribution >= 0.6 is 0 Å². The van der Waals surface area contributed by atoms with Gasteiger partial charge in [-0.25, -0.2) is 0 Å². The quantitative estimate of drug-likeness (QED) is 0.687. The van der Waals surface area contributed by atoms with Crippen LogP contribution in [0.4, 0.5) is 0 Å². The summed E-state index contributed by atoms with van der Waals surface area (Å²) < 4.78 is 5.11. The van der Waals surface area contributed by atoms with Gasteiger partial charge in [-0.1, -0.05) is 24.3 Å². The number of allylic oxidation sites excluding steroid dienone is 1. The van der Waals surface area contributed by atoms with E-state index in [4.69, 9.17) is 4.74 Å². The van der Waals surface area contributed by atoms with Crippen molar-refractivity contribution >= 4 is 17.6 Å². The van der Waals surface area contributed by atoms with E-state index in [9.17, 15) is 9.59 Å². The summed E-state index contributed by atoms with van der Waals surface area (Å²) in [6.07, 6.45) is 1.61. The highest BCUT2D eigenvalue weighted by Crippen LogP contribution is 2.21. The van der Waals surface area contributed by atoms with Crippen molar-refractivity contribution in [1.82, 2.24) is 0 Å². The van der Waals surface area contributed by atoms with Crippen molar-refractivity contribution in [2.75, 3.05) is 6.61 Å². The maximum Gasteiger partial charge on any atom is 0.268 e. The van der Waals surface area contributed by atoms with Gasteiger partial charge in [-0.3, -0.25) is 9.59 Å². The van der Waals surface area contributed by atoms with Gasteiger partial charge >= 0.3 is 0 Å². The minimum absolute atomic E-state index is 0.140. The maximum absolute atomic E-state index is 11.6. The highest BCUT2D eigenvalue weighted by atomic mass is 16.5. The summed E-state index contributed by atoms with van der Waals surface area (Å²) in [6, 6.07) is 7.00. The van der Waals surface area contributed by atoms with E-state index in [1.54, 1.807) is 31.2 Å². The van der Waals surface area contributed by atoms with Gasteiger partial charge in [0.15, 0.2) is 5.76 Å². The number of hydrogen-bond acceptors (Lipinski definition) is 3. The van der Waals surface area contributed by atoms with Crippen molar-refractivity contribution < 1.29 is 14.3 Å². The lowest BCUT2D eigenvalue weighted by Gasteiger charge is -2.13. The largest absolute Gasteiger partial charge is 0.490 e. The molecule has 0 radical (unpaired) electrons. The molecular formula is C12H10O3. The molecule has 3 nitrogen and oxygen atoms in total. The van der Waals surface area contributed by atoms with E-state index < -0.39 is 11.6 Å². The van der Waals surface area contributed by atoms with Gasteiger partial charge in [-0.2, -0.15) is 0 Å². The molecule has 0 N–H and O–H groups in total. The van der Waals surface area contributed by atoms with E-state index >= 15 is 0 Å². The molecule has 1 aromatic rings. The molecule has 3 heteroatoms. The molecule has 0 bridgehead atoms. The van der Waals surface area contributed by atoms with E-state index in [2.05, 4.69) is 0 Å². The number of rotatable bonds is 2. The fourth-order valence-electron chi connectivity index (χ4n) is 1.53. The first-order valence-corrected chi connectivity index (χ1v) is 4.76. The molecule has 1 aliphatic rings. The Morgan fingerprint density at radius 3 is 2.60 bits per heavy atom. The Hall–Kier alpha value is -1.90. The smallest absolute Gasteiger partial charge is 0.268 e. The zero-order valence-electron chi connectivity index (χ0n) is 8.32. The minimum Gasteiger partial charge on any atom is -0.490 e. The zero-order valence-corrected chi connectivity index (χ0v) is 8.32. The fourth-order valence-corrected chi connectivity index (χ4v) is 1.53. The van der Waals surface area contributed by atoms with Crippen molar-refractivity contribution in [2.45, 2.75) is 6.92 Å². The number of Topliss-reactive ketones (excluding diaryl/α,β-unsaturated/α-hetero) is 2. The molecule has 0 aliphatic heterocycles. The van der Waals surface area contributed by atoms with Gasteiger partial charge in [0, 0.05) is 5.56 Å². The van der Waals surface area contributed by atoms with Crippen molar-refractivity contribution in [3.8, 4) is 0 Å². The third-order valence-electron chi connectivity index (χ3n) is 2.22. The van der Waals surface area contributed by atoms with E-state index in [1.807, 2.05) is 6.07 Å². The predicted octanol–water partition coefficient (Wildman–Crippen LogP) is 1.83. The number of carbonyl (C=O) groups is 2. The molecule has 15 heavy (non-hydrogen) atoms. The maximum atomic E-state index is 11.6. The van der Waals surface area contributed by atoms with Crippen LogP contribution in [0, 0.1) is 0 Å². The number of hydrogen-bond donors (Lipinski definition) is 0. The summed E-state index contributed by atoms with van der Waals surface area (Å²) in [6.45, 7) is 2.16. The number of ether oxygens (including phenoxy) is 1. The first kappa shape index (κ1) is 9.65. The summed E-state index contributed by atoms with van der Waals surface area (Å²) in [4.78, 5) is 23.2. The van der Waals surface area contributed by atoms with Crippen LogP contribution in [0.5, 0.6) is 0 Å². The lowest BCUT2D eigenvalue weighted by molar-refractivity contribution is -0.114. The summed E-state index contributed by atoms with van der Waals surface area (Å²) in [7, 11) is 0. The molecule has 0 saturated heterocycles. The predicted molar refractivity (Wildman–Crippen MR) is 55.4 cm³/mol. The molecule has 0 fully saturated rings. The second kappa shape index (κ2) is 3.69. The minimum atomic E-state index is -0.560. The monoisotopic (exact) mass is 202 g/mol.